The molecule has 0 unspecified atom stereocenters. The van der Waals surface area contributed by atoms with Gasteiger partial charge in [0.05, 0.1) is 0 Å². The van der Waals surface area contributed by atoms with Gasteiger partial charge in [-0.2, -0.15) is 0 Å². The number of piperazine rings is 1. The molecule has 2 amide bonds. The molecule has 28 heavy (non-hydrogen) atoms. The molecule has 0 bridgehead atoms. The molecular formula is C20H24F2N4O2+2. The van der Waals surface area contributed by atoms with Gasteiger partial charge in [-0.25, -0.2) is 8.78 Å². The number of rotatable bonds is 6. The van der Waals surface area contributed by atoms with Gasteiger partial charge in [0.15, 0.2) is 13.1 Å². The van der Waals surface area contributed by atoms with Crippen LogP contribution in [0.25, 0.3) is 0 Å². The fourth-order valence-electron chi connectivity index (χ4n) is 3.31. The van der Waals surface area contributed by atoms with Crippen molar-refractivity contribution in [1.82, 2.24) is 0 Å². The summed E-state index contributed by atoms with van der Waals surface area (Å²) in [5.41, 5.74) is 0.894. The Hall–Kier alpha value is -2.84. The largest absolute Gasteiger partial charge is 0.321 e. The molecule has 1 heterocycles. The monoisotopic (exact) mass is 390 g/mol. The molecule has 6 nitrogen and oxygen atoms in total. The van der Waals surface area contributed by atoms with E-state index in [0.717, 1.165) is 36.0 Å². The molecule has 1 aliphatic rings. The van der Waals surface area contributed by atoms with E-state index in [0.29, 0.717) is 24.5 Å². The zero-order valence-electron chi connectivity index (χ0n) is 15.4. The van der Waals surface area contributed by atoms with Crippen LogP contribution in [-0.4, -0.2) is 51.1 Å². The van der Waals surface area contributed by atoms with E-state index in [9.17, 15) is 18.4 Å². The summed E-state index contributed by atoms with van der Waals surface area (Å²) in [6, 6.07) is 11.6. The molecule has 0 atom stereocenters. The third kappa shape index (κ3) is 6.11. The van der Waals surface area contributed by atoms with E-state index in [1.807, 2.05) is 0 Å². The number of nitrogens with one attached hydrogen (secondary N) is 4. The van der Waals surface area contributed by atoms with Gasteiger partial charge in [-0.05, 0) is 36.4 Å². The summed E-state index contributed by atoms with van der Waals surface area (Å²) >= 11 is 0. The number of carbonyl (C=O) groups excluding carboxylic acids is 2. The second-order valence-corrected chi connectivity index (χ2v) is 6.97. The fourth-order valence-corrected chi connectivity index (χ4v) is 3.31. The topological polar surface area (TPSA) is 67.1 Å². The first-order valence-electron chi connectivity index (χ1n) is 9.26. The maximum absolute atomic E-state index is 13.2. The van der Waals surface area contributed by atoms with Crippen LogP contribution in [0.15, 0.2) is 48.5 Å². The summed E-state index contributed by atoms with van der Waals surface area (Å²) in [5.74, 6) is -1.10. The first-order chi connectivity index (χ1) is 13.5. The van der Waals surface area contributed by atoms with Crippen molar-refractivity contribution in [2.24, 2.45) is 0 Å². The predicted molar refractivity (Wildman–Crippen MR) is 101 cm³/mol. The molecule has 0 aromatic heterocycles. The van der Waals surface area contributed by atoms with E-state index in [2.05, 4.69) is 10.6 Å². The van der Waals surface area contributed by atoms with E-state index in [-0.39, 0.29) is 23.4 Å². The number of amides is 2. The molecule has 2 aromatic rings. The van der Waals surface area contributed by atoms with Crippen LogP contribution in [0.3, 0.4) is 0 Å². The quantitative estimate of drug-likeness (QED) is 0.529. The number of carbonyl (C=O) groups is 2. The average molecular weight is 390 g/mol. The molecule has 0 aliphatic carbocycles. The molecule has 2 aromatic carbocycles. The molecule has 3 rings (SSSR count). The van der Waals surface area contributed by atoms with Gasteiger partial charge in [-0.3, -0.25) is 9.59 Å². The summed E-state index contributed by atoms with van der Waals surface area (Å²) < 4.78 is 26.3. The highest BCUT2D eigenvalue weighted by Gasteiger charge is 2.26. The zero-order chi connectivity index (χ0) is 19.9. The van der Waals surface area contributed by atoms with Crippen LogP contribution >= 0.6 is 0 Å². The van der Waals surface area contributed by atoms with E-state index in [1.165, 1.54) is 24.3 Å². The SMILES string of the molecule is O=C(C[NH+]1CC[NH+](CC(=O)Nc2cccc(F)c2)CC1)Nc1cccc(F)c1. The summed E-state index contributed by atoms with van der Waals surface area (Å²) in [5, 5.41) is 5.41. The molecule has 1 aliphatic heterocycles. The number of anilines is 2. The van der Waals surface area contributed by atoms with Gasteiger partial charge in [0.25, 0.3) is 11.8 Å². The Morgan fingerprint density at radius 3 is 1.50 bits per heavy atom. The molecule has 0 radical (unpaired) electrons. The highest BCUT2D eigenvalue weighted by Crippen LogP contribution is 2.09. The maximum atomic E-state index is 13.2. The van der Waals surface area contributed by atoms with Gasteiger partial charge in [0.1, 0.15) is 37.8 Å². The van der Waals surface area contributed by atoms with Crippen LogP contribution in [0.4, 0.5) is 20.2 Å². The number of halogens is 2. The van der Waals surface area contributed by atoms with Gasteiger partial charge < -0.3 is 20.4 Å². The third-order valence-electron chi connectivity index (χ3n) is 4.70. The Morgan fingerprint density at radius 1 is 0.750 bits per heavy atom. The summed E-state index contributed by atoms with van der Waals surface area (Å²) in [6.07, 6.45) is 0. The summed E-state index contributed by atoms with van der Waals surface area (Å²) in [4.78, 5) is 26.5. The molecule has 0 saturated carbocycles. The van der Waals surface area contributed by atoms with Crippen molar-refractivity contribution in [2.75, 3.05) is 49.9 Å². The van der Waals surface area contributed by atoms with Gasteiger partial charge in [-0.1, -0.05) is 12.1 Å². The zero-order valence-corrected chi connectivity index (χ0v) is 15.4. The van der Waals surface area contributed by atoms with Gasteiger partial charge in [0.2, 0.25) is 0 Å². The Bertz CT molecular complexity index is 769. The Morgan fingerprint density at radius 2 is 1.14 bits per heavy atom. The van der Waals surface area contributed by atoms with Crippen molar-refractivity contribution >= 4 is 23.2 Å². The minimum absolute atomic E-state index is 0.159. The minimum atomic E-state index is -0.390. The molecule has 1 saturated heterocycles. The first kappa shape index (κ1) is 19.9. The Labute approximate surface area is 162 Å². The lowest BCUT2D eigenvalue weighted by molar-refractivity contribution is -1.00. The van der Waals surface area contributed by atoms with Gasteiger partial charge in [-0.15, -0.1) is 0 Å². The van der Waals surface area contributed by atoms with Crippen molar-refractivity contribution in [3.8, 4) is 0 Å². The smallest absolute Gasteiger partial charge is 0.279 e. The molecule has 0 spiro atoms. The van der Waals surface area contributed by atoms with E-state index in [1.54, 1.807) is 24.3 Å². The minimum Gasteiger partial charge on any atom is -0.321 e. The van der Waals surface area contributed by atoms with Crippen LogP contribution in [0.1, 0.15) is 0 Å². The average Bonchev–Trinajstić information content (AvgIpc) is 2.63. The molecule has 1 fully saturated rings. The van der Waals surface area contributed by atoms with E-state index >= 15 is 0 Å². The van der Waals surface area contributed by atoms with Gasteiger partial charge in [0, 0.05) is 11.4 Å². The molecule has 148 valence electrons. The van der Waals surface area contributed by atoms with Crippen molar-refractivity contribution in [3.05, 3.63) is 60.2 Å². The van der Waals surface area contributed by atoms with Gasteiger partial charge >= 0.3 is 0 Å². The lowest BCUT2D eigenvalue weighted by Crippen LogP contribution is -3.28. The van der Waals surface area contributed by atoms with Crippen molar-refractivity contribution in [1.29, 1.82) is 0 Å². The van der Waals surface area contributed by atoms with Crippen LogP contribution in [-0.2, 0) is 9.59 Å². The highest BCUT2D eigenvalue weighted by molar-refractivity contribution is 5.91. The number of hydrogen-bond donors (Lipinski definition) is 4. The lowest BCUT2D eigenvalue weighted by Gasteiger charge is -2.28. The van der Waals surface area contributed by atoms with Crippen LogP contribution in [0.2, 0.25) is 0 Å². The predicted octanol–water partition coefficient (Wildman–Crippen LogP) is -0.675. The number of benzene rings is 2. The van der Waals surface area contributed by atoms with Crippen molar-refractivity contribution in [3.63, 3.8) is 0 Å². The second-order valence-electron chi connectivity index (χ2n) is 6.97. The molecule has 8 heteroatoms. The first-order valence-corrected chi connectivity index (χ1v) is 9.26. The van der Waals surface area contributed by atoms with Crippen molar-refractivity contribution < 1.29 is 28.2 Å². The summed E-state index contributed by atoms with van der Waals surface area (Å²) in [6.45, 7) is 3.66. The van der Waals surface area contributed by atoms with E-state index in [4.69, 9.17) is 0 Å². The van der Waals surface area contributed by atoms with Crippen LogP contribution in [0, 0.1) is 11.6 Å². The Balaban J connectivity index is 1.39. The fraction of sp³-hybridized carbons (Fsp3) is 0.300. The standard InChI is InChI=1S/C20H22F2N4O2/c21-15-3-1-5-17(11-15)23-19(27)13-25-7-9-26(10-8-25)14-20(28)24-18-6-2-4-16(22)12-18/h1-6,11-12H,7-10,13-14H2,(H,23,27)(H,24,28)/p+2. The number of quaternary nitrogens is 2. The molecular weight excluding hydrogens is 366 g/mol. The normalized spacial score (nSPS) is 19.1. The highest BCUT2D eigenvalue weighted by atomic mass is 19.1. The van der Waals surface area contributed by atoms with Crippen LogP contribution in [0.5, 0.6) is 0 Å². The third-order valence-corrected chi connectivity index (χ3v) is 4.70. The number of hydrogen-bond acceptors (Lipinski definition) is 2. The molecule has 4 N–H and O–H groups in total. The Kier molecular flexibility index (Phi) is 6.67. The summed E-state index contributed by atoms with van der Waals surface area (Å²) in [7, 11) is 0. The van der Waals surface area contributed by atoms with Crippen LogP contribution < -0.4 is 20.4 Å². The lowest BCUT2D eigenvalue weighted by atomic mass is 10.2. The van der Waals surface area contributed by atoms with E-state index < -0.39 is 0 Å². The maximum Gasteiger partial charge on any atom is 0.279 e. The van der Waals surface area contributed by atoms with Crippen molar-refractivity contribution in [2.45, 2.75) is 0 Å². The second kappa shape index (κ2) is 9.38.